The van der Waals surface area contributed by atoms with Crippen molar-refractivity contribution in [2.24, 2.45) is 0 Å². The van der Waals surface area contributed by atoms with E-state index in [4.69, 9.17) is 0 Å². The molecule has 20 heavy (non-hydrogen) atoms. The highest BCUT2D eigenvalue weighted by molar-refractivity contribution is 9.10. The van der Waals surface area contributed by atoms with Crippen molar-refractivity contribution in [2.45, 2.75) is 13.0 Å². The third kappa shape index (κ3) is 2.68. The van der Waals surface area contributed by atoms with Crippen molar-refractivity contribution >= 4 is 32.4 Å². The molecule has 0 fully saturated rings. The summed E-state index contributed by atoms with van der Waals surface area (Å²) in [5, 5.41) is 5.92. The van der Waals surface area contributed by atoms with Gasteiger partial charge in [0.05, 0.1) is 0 Å². The first kappa shape index (κ1) is 13.1. The van der Waals surface area contributed by atoms with Gasteiger partial charge in [-0.3, -0.25) is 4.98 Å². The molecule has 3 heteroatoms. The Morgan fingerprint density at radius 2 is 1.85 bits per heavy atom. The molecule has 3 aromatic rings. The molecular formula is C17H15BrN2. The number of hydrogen-bond acceptors (Lipinski definition) is 2. The Hall–Kier alpha value is -1.87. The van der Waals surface area contributed by atoms with E-state index in [0.29, 0.717) is 0 Å². The average Bonchev–Trinajstić information content (AvgIpc) is 2.48. The monoisotopic (exact) mass is 326 g/mol. The first-order chi connectivity index (χ1) is 9.74. The minimum absolute atomic E-state index is 0.244. The zero-order valence-corrected chi connectivity index (χ0v) is 12.8. The van der Waals surface area contributed by atoms with Gasteiger partial charge in [0.1, 0.15) is 0 Å². The van der Waals surface area contributed by atoms with E-state index in [2.05, 4.69) is 75.6 Å². The number of aromatic nitrogens is 1. The molecule has 0 aliphatic heterocycles. The molecule has 1 unspecified atom stereocenters. The second-order valence-corrected chi connectivity index (χ2v) is 5.74. The molecule has 0 bridgehead atoms. The zero-order valence-electron chi connectivity index (χ0n) is 11.2. The lowest BCUT2D eigenvalue weighted by Gasteiger charge is -2.17. The van der Waals surface area contributed by atoms with Crippen LogP contribution in [0.25, 0.3) is 10.8 Å². The van der Waals surface area contributed by atoms with Crippen LogP contribution in [0.4, 0.5) is 5.69 Å². The summed E-state index contributed by atoms with van der Waals surface area (Å²) >= 11 is 3.47. The van der Waals surface area contributed by atoms with Crippen LogP contribution < -0.4 is 5.32 Å². The van der Waals surface area contributed by atoms with Crippen LogP contribution in [0.15, 0.2) is 65.4 Å². The van der Waals surface area contributed by atoms with Crippen molar-refractivity contribution in [1.29, 1.82) is 0 Å². The predicted octanol–water partition coefficient (Wildman–Crippen LogP) is 5.17. The molecule has 1 atom stereocenters. The quantitative estimate of drug-likeness (QED) is 0.718. The summed E-state index contributed by atoms with van der Waals surface area (Å²) in [6, 6.07) is 16.9. The average molecular weight is 327 g/mol. The minimum atomic E-state index is 0.244. The highest BCUT2D eigenvalue weighted by atomic mass is 79.9. The second kappa shape index (κ2) is 5.63. The minimum Gasteiger partial charge on any atom is -0.378 e. The van der Waals surface area contributed by atoms with Gasteiger partial charge in [-0.25, -0.2) is 0 Å². The molecule has 0 saturated carbocycles. The molecule has 1 heterocycles. The molecule has 0 amide bonds. The van der Waals surface area contributed by atoms with Crippen LogP contribution in [0.5, 0.6) is 0 Å². The van der Waals surface area contributed by atoms with Crippen LogP contribution in [-0.2, 0) is 0 Å². The summed E-state index contributed by atoms with van der Waals surface area (Å²) in [6.45, 7) is 2.17. The number of hydrogen-bond donors (Lipinski definition) is 1. The fraction of sp³-hybridized carbons (Fsp3) is 0.118. The van der Waals surface area contributed by atoms with Crippen molar-refractivity contribution in [3.05, 3.63) is 71.0 Å². The molecule has 0 spiro atoms. The Morgan fingerprint density at radius 3 is 2.65 bits per heavy atom. The van der Waals surface area contributed by atoms with Gasteiger partial charge in [0.15, 0.2) is 0 Å². The van der Waals surface area contributed by atoms with Crippen LogP contribution in [0.2, 0.25) is 0 Å². The van der Waals surface area contributed by atoms with E-state index >= 15 is 0 Å². The number of nitrogens with zero attached hydrogens (tertiary/aromatic N) is 1. The number of nitrogens with one attached hydrogen (secondary N) is 1. The van der Waals surface area contributed by atoms with Gasteiger partial charge in [0.2, 0.25) is 0 Å². The number of anilines is 1. The molecule has 0 aliphatic rings. The SMILES string of the molecule is CC(Nc1cccc2ccncc12)c1ccc(Br)cc1. The van der Waals surface area contributed by atoms with Crippen molar-refractivity contribution in [1.82, 2.24) is 4.98 Å². The Kier molecular flexibility index (Phi) is 3.70. The summed E-state index contributed by atoms with van der Waals surface area (Å²) in [5.74, 6) is 0. The maximum absolute atomic E-state index is 4.22. The Morgan fingerprint density at radius 1 is 1.05 bits per heavy atom. The summed E-state index contributed by atoms with van der Waals surface area (Å²) in [4.78, 5) is 4.22. The van der Waals surface area contributed by atoms with Gasteiger partial charge in [-0.2, -0.15) is 0 Å². The largest absolute Gasteiger partial charge is 0.378 e. The summed E-state index contributed by atoms with van der Waals surface area (Å²) in [5.41, 5.74) is 2.38. The maximum Gasteiger partial charge on any atom is 0.0485 e. The van der Waals surface area contributed by atoms with E-state index < -0.39 is 0 Å². The van der Waals surface area contributed by atoms with E-state index in [-0.39, 0.29) is 6.04 Å². The topological polar surface area (TPSA) is 24.9 Å². The fourth-order valence-corrected chi connectivity index (χ4v) is 2.57. The molecular weight excluding hydrogens is 312 g/mol. The Bertz CT molecular complexity index is 717. The van der Waals surface area contributed by atoms with E-state index in [1.807, 2.05) is 18.5 Å². The first-order valence-corrected chi connectivity index (χ1v) is 7.38. The van der Waals surface area contributed by atoms with Crippen molar-refractivity contribution in [2.75, 3.05) is 5.32 Å². The van der Waals surface area contributed by atoms with Gasteiger partial charge in [-0.15, -0.1) is 0 Å². The van der Waals surface area contributed by atoms with Crippen molar-refractivity contribution in [3.63, 3.8) is 0 Å². The van der Waals surface area contributed by atoms with Gasteiger partial charge < -0.3 is 5.32 Å². The highest BCUT2D eigenvalue weighted by Crippen LogP contribution is 2.26. The van der Waals surface area contributed by atoms with Crippen LogP contribution in [-0.4, -0.2) is 4.98 Å². The number of benzene rings is 2. The first-order valence-electron chi connectivity index (χ1n) is 6.59. The molecule has 0 radical (unpaired) electrons. The molecule has 3 rings (SSSR count). The summed E-state index contributed by atoms with van der Waals surface area (Å²) < 4.78 is 1.10. The molecule has 0 aliphatic carbocycles. The maximum atomic E-state index is 4.22. The van der Waals surface area contributed by atoms with Gasteiger partial charge in [0, 0.05) is 34.0 Å². The van der Waals surface area contributed by atoms with Gasteiger partial charge in [-0.05, 0) is 42.1 Å². The molecule has 2 aromatic carbocycles. The van der Waals surface area contributed by atoms with Crippen LogP contribution in [0, 0.1) is 0 Å². The molecule has 1 aromatic heterocycles. The highest BCUT2D eigenvalue weighted by Gasteiger charge is 2.07. The van der Waals surface area contributed by atoms with Crippen molar-refractivity contribution < 1.29 is 0 Å². The standard InChI is InChI=1S/C17H15BrN2/c1-12(13-5-7-15(18)8-6-13)20-17-4-2-3-14-9-10-19-11-16(14)17/h2-12,20H,1H3. The second-order valence-electron chi connectivity index (χ2n) is 4.82. The van der Waals surface area contributed by atoms with Crippen LogP contribution in [0.1, 0.15) is 18.5 Å². The third-order valence-electron chi connectivity index (χ3n) is 3.43. The third-order valence-corrected chi connectivity index (χ3v) is 3.95. The lowest BCUT2D eigenvalue weighted by Crippen LogP contribution is -2.06. The number of rotatable bonds is 3. The Balaban J connectivity index is 1.91. The van der Waals surface area contributed by atoms with E-state index in [0.717, 1.165) is 15.5 Å². The van der Waals surface area contributed by atoms with E-state index in [9.17, 15) is 0 Å². The zero-order chi connectivity index (χ0) is 13.9. The lowest BCUT2D eigenvalue weighted by atomic mass is 10.1. The van der Waals surface area contributed by atoms with Gasteiger partial charge >= 0.3 is 0 Å². The smallest absolute Gasteiger partial charge is 0.0485 e. The number of pyridine rings is 1. The van der Waals surface area contributed by atoms with Gasteiger partial charge in [-0.1, -0.05) is 40.2 Å². The summed E-state index contributed by atoms with van der Waals surface area (Å²) in [6.07, 6.45) is 3.73. The van der Waals surface area contributed by atoms with Crippen LogP contribution >= 0.6 is 15.9 Å². The molecule has 2 nitrogen and oxygen atoms in total. The predicted molar refractivity (Wildman–Crippen MR) is 87.9 cm³/mol. The lowest BCUT2D eigenvalue weighted by molar-refractivity contribution is 0.886. The summed E-state index contributed by atoms with van der Waals surface area (Å²) in [7, 11) is 0. The normalized spacial score (nSPS) is 12.3. The van der Waals surface area contributed by atoms with Crippen molar-refractivity contribution in [3.8, 4) is 0 Å². The molecule has 100 valence electrons. The number of halogens is 1. The molecule has 1 N–H and O–H groups in total. The van der Waals surface area contributed by atoms with E-state index in [1.165, 1.54) is 10.9 Å². The fourth-order valence-electron chi connectivity index (χ4n) is 2.31. The number of fused-ring (bicyclic) bond motifs is 1. The van der Waals surface area contributed by atoms with Crippen LogP contribution in [0.3, 0.4) is 0 Å². The Labute approximate surface area is 127 Å². The van der Waals surface area contributed by atoms with Gasteiger partial charge in [0.25, 0.3) is 0 Å². The molecule has 0 saturated heterocycles. The van der Waals surface area contributed by atoms with E-state index in [1.54, 1.807) is 0 Å².